The number of rotatable bonds is 6. The van der Waals surface area contributed by atoms with E-state index in [0.717, 1.165) is 47.1 Å². The number of nitrogens with zero attached hydrogens (tertiary/aromatic N) is 3. The molecule has 0 saturated carbocycles. The molecule has 1 fully saturated rings. The summed E-state index contributed by atoms with van der Waals surface area (Å²) in [7, 11) is 0. The van der Waals surface area contributed by atoms with Crippen LogP contribution in [0.5, 0.6) is 0 Å². The molecule has 4 nitrogen and oxygen atoms in total. The minimum Gasteiger partial charge on any atom is -0.352 e. The summed E-state index contributed by atoms with van der Waals surface area (Å²) in [5, 5.41) is 4.25. The van der Waals surface area contributed by atoms with E-state index in [9.17, 15) is 4.39 Å². The van der Waals surface area contributed by atoms with Gasteiger partial charge in [0, 0.05) is 24.1 Å². The first kappa shape index (κ1) is 20.5. The topological polar surface area (TPSA) is 33.1 Å². The zero-order chi connectivity index (χ0) is 21.3. The summed E-state index contributed by atoms with van der Waals surface area (Å²) in [6, 6.07) is 15.0. The first-order valence-electron chi connectivity index (χ1n) is 10.4. The summed E-state index contributed by atoms with van der Waals surface area (Å²) in [6.45, 7) is 7.14. The normalized spacial score (nSPS) is 18.7. The maximum atomic E-state index is 14.6. The molecule has 1 aromatic carbocycles. The Hall–Kier alpha value is -2.73. The van der Waals surface area contributed by atoms with Crippen LogP contribution in [0.3, 0.4) is 0 Å². The number of nitrogens with one attached hydrogen (secondary N) is 1. The van der Waals surface area contributed by atoms with Crippen LogP contribution in [-0.4, -0.2) is 26.1 Å². The van der Waals surface area contributed by atoms with E-state index < -0.39 is 0 Å². The molecule has 1 aliphatic rings. The molecule has 6 heteroatoms. The highest BCUT2D eigenvalue weighted by Crippen LogP contribution is 2.41. The van der Waals surface area contributed by atoms with E-state index in [0.29, 0.717) is 5.69 Å². The van der Waals surface area contributed by atoms with Crippen LogP contribution in [0.15, 0.2) is 54.7 Å². The van der Waals surface area contributed by atoms with Crippen molar-refractivity contribution in [3.63, 3.8) is 0 Å². The van der Waals surface area contributed by atoms with Crippen LogP contribution in [0.4, 0.5) is 4.39 Å². The predicted octanol–water partition coefficient (Wildman–Crippen LogP) is 5.40. The van der Waals surface area contributed by atoms with Crippen molar-refractivity contribution in [3.8, 4) is 5.69 Å². The van der Waals surface area contributed by atoms with E-state index >= 15 is 0 Å². The van der Waals surface area contributed by atoms with Crippen molar-refractivity contribution in [2.24, 2.45) is 0 Å². The molecule has 156 valence electrons. The Morgan fingerprint density at radius 2 is 1.90 bits per heavy atom. The van der Waals surface area contributed by atoms with Crippen molar-refractivity contribution in [2.75, 3.05) is 6.54 Å². The lowest BCUT2D eigenvalue weighted by Gasteiger charge is -2.28. The molecule has 0 radical (unpaired) electrons. The molecule has 0 amide bonds. The quantitative estimate of drug-likeness (QED) is 0.539. The Bertz CT molecular complexity index is 1050. The Morgan fingerprint density at radius 1 is 1.13 bits per heavy atom. The fourth-order valence-electron chi connectivity index (χ4n) is 4.40. The molecule has 1 saturated heterocycles. The molecular formula is C24H27FN4S. The standard InChI is InChI=1S/C24H27FN4S/c1-4-5-14-28-23(22(27-24(28)30)20-11-8-9-13-26-20)18-15-16(2)29(17(18)3)21-12-7-6-10-19(21)25/h6-13,15,22-23H,4-5,14H2,1-3H3,(H,27,30)/t22-,23-/m1/s1. The van der Waals surface area contributed by atoms with Gasteiger partial charge in [-0.3, -0.25) is 4.98 Å². The zero-order valence-electron chi connectivity index (χ0n) is 17.6. The third-order valence-corrected chi connectivity index (χ3v) is 6.18. The summed E-state index contributed by atoms with van der Waals surface area (Å²) in [6.07, 6.45) is 3.96. The maximum absolute atomic E-state index is 14.6. The third kappa shape index (κ3) is 3.60. The highest BCUT2D eigenvalue weighted by Gasteiger charge is 2.41. The van der Waals surface area contributed by atoms with Gasteiger partial charge in [0.25, 0.3) is 0 Å². The highest BCUT2D eigenvalue weighted by molar-refractivity contribution is 7.80. The average molecular weight is 423 g/mol. The van der Waals surface area contributed by atoms with Crippen molar-refractivity contribution in [1.29, 1.82) is 0 Å². The number of aromatic nitrogens is 2. The summed E-state index contributed by atoms with van der Waals surface area (Å²) >= 11 is 5.73. The molecule has 0 unspecified atom stereocenters. The summed E-state index contributed by atoms with van der Waals surface area (Å²) in [5.41, 5.74) is 4.70. The van der Waals surface area contributed by atoms with Crippen molar-refractivity contribution in [3.05, 3.63) is 83.2 Å². The lowest BCUT2D eigenvalue weighted by atomic mass is 9.96. The predicted molar refractivity (Wildman–Crippen MR) is 122 cm³/mol. The van der Waals surface area contributed by atoms with Crippen LogP contribution in [0.2, 0.25) is 0 Å². The Balaban J connectivity index is 1.83. The summed E-state index contributed by atoms with van der Waals surface area (Å²) in [4.78, 5) is 6.87. The van der Waals surface area contributed by atoms with Crippen LogP contribution < -0.4 is 5.32 Å². The number of thiocarbonyl (C=S) groups is 1. The van der Waals surface area contributed by atoms with Crippen LogP contribution in [-0.2, 0) is 0 Å². The largest absolute Gasteiger partial charge is 0.352 e. The smallest absolute Gasteiger partial charge is 0.170 e. The van der Waals surface area contributed by atoms with Crippen LogP contribution >= 0.6 is 12.2 Å². The number of halogens is 1. The van der Waals surface area contributed by atoms with Crippen LogP contribution in [0.1, 0.15) is 54.5 Å². The van der Waals surface area contributed by atoms with Gasteiger partial charge in [0.05, 0.1) is 23.5 Å². The van der Waals surface area contributed by atoms with E-state index in [4.69, 9.17) is 12.2 Å². The minimum atomic E-state index is -0.227. The fraction of sp³-hybridized carbons (Fsp3) is 0.333. The molecule has 1 N–H and O–H groups in total. The molecule has 4 rings (SSSR count). The van der Waals surface area contributed by atoms with Gasteiger partial charge in [-0.15, -0.1) is 0 Å². The van der Waals surface area contributed by atoms with Gasteiger partial charge in [-0.25, -0.2) is 4.39 Å². The number of aryl methyl sites for hydroxylation is 1. The van der Waals surface area contributed by atoms with Gasteiger partial charge in [-0.2, -0.15) is 0 Å². The molecule has 3 heterocycles. The average Bonchev–Trinajstić information content (AvgIpc) is 3.23. The molecule has 0 aliphatic carbocycles. The van der Waals surface area contributed by atoms with Gasteiger partial charge in [0.15, 0.2) is 5.11 Å². The van der Waals surface area contributed by atoms with Gasteiger partial charge in [-0.05, 0) is 68.4 Å². The Morgan fingerprint density at radius 3 is 2.60 bits per heavy atom. The van der Waals surface area contributed by atoms with E-state index in [2.05, 4.69) is 35.1 Å². The monoisotopic (exact) mass is 422 g/mol. The van der Waals surface area contributed by atoms with Gasteiger partial charge < -0.3 is 14.8 Å². The number of pyridine rings is 1. The molecule has 30 heavy (non-hydrogen) atoms. The Labute approximate surface area is 182 Å². The van der Waals surface area contributed by atoms with Crippen molar-refractivity contribution >= 4 is 17.3 Å². The van der Waals surface area contributed by atoms with Gasteiger partial charge in [-0.1, -0.05) is 31.5 Å². The molecule has 3 aromatic rings. The van der Waals surface area contributed by atoms with Crippen molar-refractivity contribution in [1.82, 2.24) is 19.8 Å². The van der Waals surface area contributed by atoms with Gasteiger partial charge in [0.2, 0.25) is 0 Å². The van der Waals surface area contributed by atoms with Crippen molar-refractivity contribution < 1.29 is 4.39 Å². The SMILES string of the molecule is CCCCN1C(=S)N[C@H](c2ccccn2)[C@H]1c1cc(C)n(-c2ccccc2F)c1C. The first-order valence-corrected chi connectivity index (χ1v) is 10.9. The van der Waals surface area contributed by atoms with E-state index in [-0.39, 0.29) is 17.9 Å². The number of unbranched alkanes of at least 4 members (excludes halogenated alkanes) is 1. The third-order valence-electron chi connectivity index (χ3n) is 5.83. The molecule has 0 bridgehead atoms. The molecule has 1 aliphatic heterocycles. The summed E-state index contributed by atoms with van der Waals surface area (Å²) in [5.74, 6) is -0.227. The highest BCUT2D eigenvalue weighted by atomic mass is 32.1. The zero-order valence-corrected chi connectivity index (χ0v) is 18.4. The van der Waals surface area contributed by atoms with Crippen molar-refractivity contribution in [2.45, 2.75) is 45.7 Å². The van der Waals surface area contributed by atoms with E-state index in [1.54, 1.807) is 6.07 Å². The first-order chi connectivity index (χ1) is 14.5. The fourth-order valence-corrected chi connectivity index (χ4v) is 4.74. The lowest BCUT2D eigenvalue weighted by Crippen LogP contribution is -2.30. The molecule has 0 spiro atoms. The van der Waals surface area contributed by atoms with E-state index in [1.165, 1.54) is 6.07 Å². The van der Waals surface area contributed by atoms with Crippen LogP contribution in [0, 0.1) is 19.7 Å². The molecule has 2 atom stereocenters. The lowest BCUT2D eigenvalue weighted by molar-refractivity contribution is 0.312. The second-order valence-corrected chi connectivity index (χ2v) is 8.17. The minimum absolute atomic E-state index is 0.00525. The van der Waals surface area contributed by atoms with Gasteiger partial charge >= 0.3 is 0 Å². The Kier molecular flexibility index (Phi) is 5.86. The second-order valence-electron chi connectivity index (χ2n) is 7.79. The van der Waals surface area contributed by atoms with Crippen LogP contribution in [0.25, 0.3) is 5.69 Å². The second kappa shape index (κ2) is 8.56. The number of benzene rings is 1. The molecular weight excluding hydrogens is 395 g/mol. The number of para-hydroxylation sites is 1. The summed E-state index contributed by atoms with van der Waals surface area (Å²) < 4.78 is 16.6. The molecule has 2 aromatic heterocycles. The number of hydrogen-bond donors (Lipinski definition) is 1. The van der Waals surface area contributed by atoms with Gasteiger partial charge in [0.1, 0.15) is 5.82 Å². The maximum Gasteiger partial charge on any atom is 0.170 e. The van der Waals surface area contributed by atoms with E-state index in [1.807, 2.05) is 48.0 Å². The number of hydrogen-bond acceptors (Lipinski definition) is 2.